The van der Waals surface area contributed by atoms with E-state index in [9.17, 15) is 0 Å². The van der Waals surface area contributed by atoms with Crippen LogP contribution < -0.4 is 0 Å². The molecule has 0 spiro atoms. The Morgan fingerprint density at radius 3 is 0.537 bits per heavy atom. The minimum atomic E-state index is 0.884. The summed E-state index contributed by atoms with van der Waals surface area (Å²) < 4.78 is 0. The smallest absolute Gasteiger partial charge is 0.0408 e. The van der Waals surface area contributed by atoms with Gasteiger partial charge >= 0.3 is 0 Å². The van der Waals surface area contributed by atoms with Crippen molar-refractivity contribution in [3.8, 4) is 71.0 Å². The zero-order valence-electron chi connectivity index (χ0n) is 34.2. The third-order valence-corrected chi connectivity index (χ3v) is 9.61. The molecule has 0 saturated heterocycles. The van der Waals surface area contributed by atoms with Gasteiger partial charge in [0.05, 0.1) is 0 Å². The van der Waals surface area contributed by atoms with Crippen LogP contribution in [0.25, 0.3) is 32.3 Å². The van der Waals surface area contributed by atoms with E-state index in [2.05, 4.69) is 149 Å². The van der Waals surface area contributed by atoms with Gasteiger partial charge in [0.2, 0.25) is 0 Å². The van der Waals surface area contributed by atoms with E-state index in [0.29, 0.717) is 0 Å². The second kappa shape index (κ2) is 23.6. The van der Waals surface area contributed by atoms with E-state index in [-0.39, 0.29) is 0 Å². The summed E-state index contributed by atoms with van der Waals surface area (Å²) >= 11 is 0. The summed E-state index contributed by atoms with van der Waals surface area (Å²) in [5, 5.41) is 7.03. The third kappa shape index (κ3) is 12.0. The Bertz CT molecular complexity index is 1820. The van der Waals surface area contributed by atoms with Gasteiger partial charge in [-0.25, -0.2) is 0 Å². The summed E-state index contributed by atoms with van der Waals surface area (Å²) in [5.74, 6) is 42.2. The molecule has 54 heavy (non-hydrogen) atoms. The molecule has 0 unspecified atom stereocenters. The average molecular weight is 709 g/mol. The molecule has 0 saturated carbocycles. The molecule has 0 heterocycles. The first kappa shape index (κ1) is 41.8. The van der Waals surface area contributed by atoms with Crippen LogP contribution >= 0.6 is 0 Å². The largest absolute Gasteiger partial charge is 0.0978 e. The lowest BCUT2D eigenvalue weighted by molar-refractivity contribution is 0.828. The SMILES string of the molecule is CCCCC#Cc1cc2c3cc(C#CCCCC)c(C#CCCCC)cc3c3cc(C#CCCCC)c(C#CCCCC)cc3c2cc1C#CCCCC. The van der Waals surface area contributed by atoms with Crippen molar-refractivity contribution in [1.82, 2.24) is 0 Å². The molecule has 0 heteroatoms. The molecule has 0 aliphatic heterocycles. The average Bonchev–Trinajstić information content (AvgIpc) is 3.19. The normalized spacial score (nSPS) is 10.1. The van der Waals surface area contributed by atoms with Crippen LogP contribution in [0.2, 0.25) is 0 Å². The Labute approximate surface area is 329 Å². The number of rotatable bonds is 12. The van der Waals surface area contributed by atoms with Crippen molar-refractivity contribution in [2.75, 3.05) is 0 Å². The Balaban J connectivity index is 2.20. The molecule has 4 aromatic rings. The van der Waals surface area contributed by atoms with E-state index in [0.717, 1.165) is 149 Å². The van der Waals surface area contributed by atoms with Gasteiger partial charge in [-0.1, -0.05) is 151 Å². The number of hydrogen-bond donors (Lipinski definition) is 0. The van der Waals surface area contributed by atoms with Crippen LogP contribution in [0, 0.1) is 71.0 Å². The molecule has 0 aliphatic rings. The quantitative estimate of drug-likeness (QED) is 0.0781. The van der Waals surface area contributed by atoms with Gasteiger partial charge in [0.1, 0.15) is 0 Å². The van der Waals surface area contributed by atoms with Gasteiger partial charge < -0.3 is 0 Å². The predicted octanol–water partition coefficient (Wildman–Crippen LogP) is 14.4. The summed E-state index contributed by atoms with van der Waals surface area (Å²) in [6.07, 6.45) is 18.7. The fourth-order valence-corrected chi connectivity index (χ4v) is 6.29. The third-order valence-electron chi connectivity index (χ3n) is 9.61. The van der Waals surface area contributed by atoms with Gasteiger partial charge in [0.15, 0.2) is 0 Å². The lowest BCUT2D eigenvalue weighted by Gasteiger charge is -2.15. The van der Waals surface area contributed by atoms with Crippen molar-refractivity contribution < 1.29 is 0 Å². The van der Waals surface area contributed by atoms with Gasteiger partial charge in [0, 0.05) is 71.9 Å². The standard InChI is InChI=1S/C54H60/c1-7-13-19-25-31-43-37-49-50(38-44(43)32-26-20-14-8-2)52-40-46(34-28-22-16-10-4)48(36-30-24-18-12-6)42-54(52)53-41-47(35-29-23-17-11-5)45(39-51(49)53)33-27-21-15-9-3/h37-42H,7-24H2,1-6H3. The van der Waals surface area contributed by atoms with Crippen LogP contribution in [0.1, 0.15) is 190 Å². The zero-order valence-corrected chi connectivity index (χ0v) is 34.2. The van der Waals surface area contributed by atoms with E-state index in [4.69, 9.17) is 0 Å². The van der Waals surface area contributed by atoms with Crippen molar-refractivity contribution in [1.29, 1.82) is 0 Å². The molecule has 4 aromatic carbocycles. The second-order valence-corrected chi connectivity index (χ2v) is 14.3. The highest BCUT2D eigenvalue weighted by Gasteiger charge is 2.16. The number of hydrogen-bond acceptors (Lipinski definition) is 0. The summed E-state index contributed by atoms with van der Waals surface area (Å²) in [4.78, 5) is 0. The van der Waals surface area contributed by atoms with Gasteiger partial charge in [-0.3, -0.25) is 0 Å². The lowest BCUT2D eigenvalue weighted by atomic mass is 9.87. The molecule has 0 aromatic heterocycles. The Morgan fingerprint density at radius 1 is 0.259 bits per heavy atom. The summed E-state index contributed by atoms with van der Waals surface area (Å²) in [6, 6.07) is 13.8. The van der Waals surface area contributed by atoms with Crippen molar-refractivity contribution in [2.24, 2.45) is 0 Å². The highest BCUT2D eigenvalue weighted by Crippen LogP contribution is 2.39. The van der Waals surface area contributed by atoms with Crippen LogP contribution in [-0.4, -0.2) is 0 Å². The molecule has 0 bridgehead atoms. The number of benzene rings is 4. The molecule has 0 fully saturated rings. The molecule has 0 atom stereocenters. The Kier molecular flexibility index (Phi) is 18.3. The Hall–Kier alpha value is -4.98. The maximum Gasteiger partial charge on any atom is 0.0408 e. The topological polar surface area (TPSA) is 0 Å². The minimum Gasteiger partial charge on any atom is -0.0978 e. The summed E-state index contributed by atoms with van der Waals surface area (Å²) in [7, 11) is 0. The predicted molar refractivity (Wildman–Crippen MR) is 237 cm³/mol. The van der Waals surface area contributed by atoms with Crippen molar-refractivity contribution in [3.63, 3.8) is 0 Å². The molecule has 0 nitrogen and oxygen atoms in total. The van der Waals surface area contributed by atoms with E-state index in [1.54, 1.807) is 0 Å². The maximum atomic E-state index is 3.56. The first-order valence-corrected chi connectivity index (χ1v) is 21.1. The second-order valence-electron chi connectivity index (χ2n) is 14.3. The van der Waals surface area contributed by atoms with Gasteiger partial charge in [-0.2, -0.15) is 0 Å². The van der Waals surface area contributed by atoms with E-state index in [1.807, 2.05) is 0 Å². The molecule has 4 rings (SSSR count). The van der Waals surface area contributed by atoms with Crippen LogP contribution in [0.4, 0.5) is 0 Å². The van der Waals surface area contributed by atoms with Crippen molar-refractivity contribution in [3.05, 3.63) is 69.8 Å². The van der Waals surface area contributed by atoms with Crippen molar-refractivity contribution in [2.45, 2.75) is 157 Å². The van der Waals surface area contributed by atoms with Crippen LogP contribution in [0.3, 0.4) is 0 Å². The Morgan fingerprint density at radius 2 is 0.407 bits per heavy atom. The summed E-state index contributed by atoms with van der Waals surface area (Å²) in [6.45, 7) is 13.3. The van der Waals surface area contributed by atoms with Crippen LogP contribution in [0.5, 0.6) is 0 Å². The molecule has 0 amide bonds. The molecule has 0 aliphatic carbocycles. The fraction of sp³-hybridized carbons (Fsp3) is 0.444. The molecule has 0 radical (unpaired) electrons. The van der Waals surface area contributed by atoms with E-state index in [1.165, 1.54) is 32.3 Å². The van der Waals surface area contributed by atoms with Gasteiger partial charge in [-0.05, 0) is 107 Å². The first-order chi connectivity index (χ1) is 26.6. The van der Waals surface area contributed by atoms with Crippen molar-refractivity contribution >= 4 is 32.3 Å². The maximum absolute atomic E-state index is 3.56. The van der Waals surface area contributed by atoms with Crippen LogP contribution in [-0.2, 0) is 0 Å². The number of fused-ring (bicyclic) bond motifs is 6. The first-order valence-electron chi connectivity index (χ1n) is 21.1. The van der Waals surface area contributed by atoms with E-state index >= 15 is 0 Å². The highest BCUT2D eigenvalue weighted by atomic mass is 14.2. The monoisotopic (exact) mass is 708 g/mol. The molecule has 0 N–H and O–H groups in total. The molecular formula is C54H60. The summed E-state index contributed by atoms with van der Waals surface area (Å²) in [5.41, 5.74) is 6.00. The molecular weight excluding hydrogens is 649 g/mol. The lowest BCUT2D eigenvalue weighted by Crippen LogP contribution is -1.94. The fourth-order valence-electron chi connectivity index (χ4n) is 6.29. The van der Waals surface area contributed by atoms with Gasteiger partial charge in [0.25, 0.3) is 0 Å². The molecule has 276 valence electrons. The van der Waals surface area contributed by atoms with Crippen LogP contribution in [0.15, 0.2) is 36.4 Å². The minimum absolute atomic E-state index is 0.884. The van der Waals surface area contributed by atoms with Gasteiger partial charge in [-0.15, -0.1) is 0 Å². The van der Waals surface area contributed by atoms with E-state index < -0.39 is 0 Å². The number of unbranched alkanes of at least 4 members (excludes halogenated alkanes) is 12. The highest BCUT2D eigenvalue weighted by molar-refractivity contribution is 6.26. The zero-order chi connectivity index (χ0) is 38.4.